The summed E-state index contributed by atoms with van der Waals surface area (Å²) in [6.45, 7) is 5.97. The molecule has 3 heterocycles. The lowest BCUT2D eigenvalue weighted by Crippen LogP contribution is -2.57. The molecule has 3 aliphatic rings. The van der Waals surface area contributed by atoms with E-state index < -0.39 is 29.6 Å². The van der Waals surface area contributed by atoms with Gasteiger partial charge in [0.05, 0.1) is 24.5 Å². The Labute approximate surface area is 167 Å². The van der Waals surface area contributed by atoms with Crippen LogP contribution < -0.4 is 10.6 Å². The predicted octanol–water partition coefficient (Wildman–Crippen LogP) is -0.222. The van der Waals surface area contributed by atoms with Crippen molar-refractivity contribution >= 4 is 33.7 Å². The SMILES string of the molecule is CCCNC(=O)[C@H]1[C@H]2C(=O)N(CCO)C(C(=O)NC(C)C)C23CC(Br)[C@@H]1O3. The zero-order valence-electron chi connectivity index (χ0n) is 15.9. The van der Waals surface area contributed by atoms with Gasteiger partial charge in [0.25, 0.3) is 0 Å². The number of amides is 3. The molecule has 3 N–H and O–H groups in total. The molecule has 0 aromatic carbocycles. The molecule has 0 radical (unpaired) electrons. The van der Waals surface area contributed by atoms with Gasteiger partial charge < -0.3 is 25.4 Å². The predicted molar refractivity (Wildman–Crippen MR) is 101 cm³/mol. The molecule has 152 valence electrons. The van der Waals surface area contributed by atoms with Gasteiger partial charge in [0.15, 0.2) is 0 Å². The van der Waals surface area contributed by atoms with E-state index in [-0.39, 0.29) is 41.7 Å². The van der Waals surface area contributed by atoms with Gasteiger partial charge in [-0.2, -0.15) is 0 Å². The lowest BCUT2D eigenvalue weighted by molar-refractivity contribution is -0.142. The fourth-order valence-corrected chi connectivity index (χ4v) is 5.75. The van der Waals surface area contributed by atoms with E-state index in [9.17, 15) is 19.5 Å². The molecule has 2 bridgehead atoms. The molecule has 3 unspecified atom stereocenters. The third-order valence-corrected chi connectivity index (χ3v) is 6.51. The van der Waals surface area contributed by atoms with E-state index in [1.807, 2.05) is 20.8 Å². The summed E-state index contributed by atoms with van der Waals surface area (Å²) in [5.74, 6) is -2.14. The van der Waals surface area contributed by atoms with Gasteiger partial charge in [0.1, 0.15) is 11.6 Å². The Bertz CT molecular complexity index is 630. The number of nitrogens with zero attached hydrogens (tertiary/aromatic N) is 1. The van der Waals surface area contributed by atoms with Gasteiger partial charge in [-0.15, -0.1) is 0 Å². The molecule has 9 heteroatoms. The first-order chi connectivity index (χ1) is 12.8. The quantitative estimate of drug-likeness (QED) is 0.469. The highest BCUT2D eigenvalue weighted by atomic mass is 79.9. The van der Waals surface area contributed by atoms with Crippen LogP contribution in [-0.2, 0) is 19.1 Å². The topological polar surface area (TPSA) is 108 Å². The van der Waals surface area contributed by atoms with Crippen molar-refractivity contribution in [3.63, 3.8) is 0 Å². The Hall–Kier alpha value is -1.19. The third kappa shape index (κ3) is 3.17. The van der Waals surface area contributed by atoms with Crippen molar-refractivity contribution in [3.8, 4) is 0 Å². The maximum absolute atomic E-state index is 13.2. The van der Waals surface area contributed by atoms with E-state index in [1.54, 1.807) is 0 Å². The van der Waals surface area contributed by atoms with Crippen molar-refractivity contribution in [2.24, 2.45) is 11.8 Å². The van der Waals surface area contributed by atoms with Gasteiger partial charge in [-0.3, -0.25) is 14.4 Å². The van der Waals surface area contributed by atoms with Gasteiger partial charge >= 0.3 is 0 Å². The van der Waals surface area contributed by atoms with Crippen molar-refractivity contribution in [2.45, 2.75) is 62.2 Å². The fourth-order valence-electron chi connectivity index (χ4n) is 4.81. The lowest BCUT2D eigenvalue weighted by atomic mass is 9.70. The van der Waals surface area contributed by atoms with Crippen LogP contribution in [0, 0.1) is 11.8 Å². The molecule has 1 spiro atoms. The Morgan fingerprint density at radius 3 is 2.70 bits per heavy atom. The number of rotatable bonds is 7. The first-order valence-electron chi connectivity index (χ1n) is 9.59. The number of alkyl halides is 1. The minimum Gasteiger partial charge on any atom is -0.395 e. The van der Waals surface area contributed by atoms with Crippen LogP contribution >= 0.6 is 15.9 Å². The maximum atomic E-state index is 13.2. The summed E-state index contributed by atoms with van der Waals surface area (Å²) in [5, 5.41) is 15.2. The second-order valence-corrected chi connectivity index (χ2v) is 9.05. The van der Waals surface area contributed by atoms with E-state index in [0.717, 1.165) is 6.42 Å². The van der Waals surface area contributed by atoms with Crippen molar-refractivity contribution in [1.82, 2.24) is 15.5 Å². The van der Waals surface area contributed by atoms with Crippen LogP contribution in [0.3, 0.4) is 0 Å². The molecule has 3 fully saturated rings. The zero-order valence-corrected chi connectivity index (χ0v) is 17.5. The number of fused-ring (bicyclic) bond motifs is 1. The third-order valence-electron chi connectivity index (χ3n) is 5.66. The molecule has 0 aromatic heterocycles. The number of β-amino-alcohol motifs (C(OH)–C–C–N with tert-alkyl or cyclic N) is 1. The first kappa shape index (κ1) is 20.5. The molecule has 6 atom stereocenters. The van der Waals surface area contributed by atoms with Crippen LogP contribution in [0.1, 0.15) is 33.6 Å². The van der Waals surface area contributed by atoms with Crippen molar-refractivity contribution in [2.75, 3.05) is 19.7 Å². The van der Waals surface area contributed by atoms with Gasteiger partial charge in [0, 0.05) is 24.0 Å². The number of ether oxygens (including phenoxy) is 1. The molecule has 3 rings (SSSR count). The molecular weight excluding hydrogens is 418 g/mol. The van der Waals surface area contributed by atoms with Gasteiger partial charge in [0.2, 0.25) is 17.7 Å². The summed E-state index contributed by atoms with van der Waals surface area (Å²) < 4.78 is 6.26. The number of aliphatic hydroxyl groups excluding tert-OH is 1. The molecule has 27 heavy (non-hydrogen) atoms. The van der Waals surface area contributed by atoms with Crippen molar-refractivity contribution in [3.05, 3.63) is 0 Å². The fraction of sp³-hybridized carbons (Fsp3) is 0.833. The van der Waals surface area contributed by atoms with E-state index in [0.29, 0.717) is 13.0 Å². The second kappa shape index (κ2) is 7.67. The second-order valence-electron chi connectivity index (χ2n) is 7.87. The Balaban J connectivity index is 1.98. The number of halogens is 1. The largest absolute Gasteiger partial charge is 0.395 e. The van der Waals surface area contributed by atoms with Crippen LogP contribution in [0.5, 0.6) is 0 Å². The van der Waals surface area contributed by atoms with Crippen LogP contribution in [0.4, 0.5) is 0 Å². The number of hydrogen-bond donors (Lipinski definition) is 3. The summed E-state index contributed by atoms with van der Waals surface area (Å²) in [6.07, 6.45) is 0.826. The Morgan fingerprint density at radius 2 is 2.11 bits per heavy atom. The van der Waals surface area contributed by atoms with Gasteiger partial charge in [-0.05, 0) is 26.7 Å². The number of aliphatic hydroxyl groups is 1. The molecule has 3 aliphatic heterocycles. The first-order valence-corrected chi connectivity index (χ1v) is 10.5. The smallest absolute Gasteiger partial charge is 0.246 e. The molecule has 0 aliphatic carbocycles. The summed E-state index contributed by atoms with van der Waals surface area (Å²) in [5.41, 5.74) is -1.04. The summed E-state index contributed by atoms with van der Waals surface area (Å²) in [7, 11) is 0. The minimum atomic E-state index is -1.04. The molecule has 0 saturated carbocycles. The molecule has 3 saturated heterocycles. The normalized spacial score (nSPS) is 37.0. The number of carbonyl (C=O) groups is 3. The highest BCUT2D eigenvalue weighted by Gasteiger charge is 2.76. The van der Waals surface area contributed by atoms with E-state index >= 15 is 0 Å². The maximum Gasteiger partial charge on any atom is 0.246 e. The molecule has 3 amide bonds. The Kier molecular flexibility index (Phi) is 5.84. The Morgan fingerprint density at radius 1 is 1.41 bits per heavy atom. The lowest BCUT2D eigenvalue weighted by Gasteiger charge is -2.34. The standard InChI is InChI=1S/C18H28BrN3O5/c1-4-5-20-15(24)11-12-17(26)22(6-7-23)14(16(25)21-9(2)3)18(12)8-10(19)13(11)27-18/h9-14,23H,4-8H2,1-3H3,(H,20,24)(H,21,25)/t10?,11-,12-,13-,14?,18?/m0/s1. The summed E-state index contributed by atoms with van der Waals surface area (Å²) >= 11 is 3.59. The van der Waals surface area contributed by atoms with E-state index in [2.05, 4.69) is 26.6 Å². The van der Waals surface area contributed by atoms with Crippen LogP contribution in [0.25, 0.3) is 0 Å². The van der Waals surface area contributed by atoms with Crippen LogP contribution in [0.2, 0.25) is 0 Å². The number of nitrogens with one attached hydrogen (secondary N) is 2. The average molecular weight is 446 g/mol. The molecular formula is C18H28BrN3O5. The number of carbonyl (C=O) groups excluding carboxylic acids is 3. The van der Waals surface area contributed by atoms with Gasteiger partial charge in [-0.25, -0.2) is 0 Å². The zero-order chi connectivity index (χ0) is 19.9. The van der Waals surface area contributed by atoms with Crippen LogP contribution in [0.15, 0.2) is 0 Å². The van der Waals surface area contributed by atoms with Crippen molar-refractivity contribution < 1.29 is 24.2 Å². The van der Waals surface area contributed by atoms with E-state index in [4.69, 9.17) is 4.74 Å². The average Bonchev–Trinajstić information content (AvgIpc) is 3.17. The highest BCUT2D eigenvalue weighted by molar-refractivity contribution is 9.09. The molecule has 8 nitrogen and oxygen atoms in total. The highest BCUT2D eigenvalue weighted by Crippen LogP contribution is 2.59. The van der Waals surface area contributed by atoms with E-state index in [1.165, 1.54) is 4.90 Å². The number of likely N-dealkylation sites (tertiary alicyclic amines) is 1. The molecule has 0 aromatic rings. The number of hydrogen-bond acceptors (Lipinski definition) is 5. The van der Waals surface area contributed by atoms with Gasteiger partial charge in [-0.1, -0.05) is 22.9 Å². The minimum absolute atomic E-state index is 0.0392. The van der Waals surface area contributed by atoms with Crippen molar-refractivity contribution in [1.29, 1.82) is 0 Å². The monoisotopic (exact) mass is 445 g/mol. The van der Waals surface area contributed by atoms with Crippen LogP contribution in [-0.4, -0.2) is 76.0 Å². The summed E-state index contributed by atoms with van der Waals surface area (Å²) in [6, 6.07) is -0.945. The summed E-state index contributed by atoms with van der Waals surface area (Å²) in [4.78, 5) is 40.3.